The Labute approximate surface area is 247 Å². The molecule has 0 unspecified atom stereocenters. The highest BCUT2D eigenvalue weighted by molar-refractivity contribution is 6.03. The summed E-state index contributed by atoms with van der Waals surface area (Å²) in [5.74, 6) is 5.56. The number of ether oxygens (including phenoxy) is 1. The van der Waals surface area contributed by atoms with Gasteiger partial charge in [0.2, 0.25) is 0 Å². The normalized spacial score (nSPS) is 23.3. The second kappa shape index (κ2) is 10.2. The monoisotopic (exact) mass is 586 g/mol. The molecule has 8 nitrogen and oxygen atoms in total. The number of phenols is 1. The fraction of sp³-hybridized carbons (Fsp3) is 0.424. The Morgan fingerprint density at radius 3 is 2.81 bits per heavy atom. The van der Waals surface area contributed by atoms with Crippen molar-refractivity contribution in [3.8, 4) is 34.9 Å². The first kappa shape index (κ1) is 27.6. The number of aromatic hydroxyl groups is 1. The topological polar surface area (TPSA) is 91.9 Å². The largest absolute Gasteiger partial charge is 0.508 e. The van der Waals surface area contributed by atoms with E-state index in [9.17, 15) is 14.3 Å². The van der Waals surface area contributed by atoms with Gasteiger partial charge in [0.05, 0.1) is 16.6 Å². The van der Waals surface area contributed by atoms with E-state index in [0.29, 0.717) is 52.7 Å². The van der Waals surface area contributed by atoms with Crippen molar-refractivity contribution >= 4 is 27.5 Å². The summed E-state index contributed by atoms with van der Waals surface area (Å²) in [6, 6.07) is 6.07. The molecule has 3 fully saturated rings. The lowest BCUT2D eigenvalue weighted by molar-refractivity contribution is 0.107. The Hall–Kier alpha value is -4.23. The Morgan fingerprint density at radius 2 is 2.07 bits per heavy atom. The molecule has 3 aliphatic rings. The number of phenolic OH excluding ortho intramolecular Hbond substituents is 1. The summed E-state index contributed by atoms with van der Waals surface area (Å²) in [6.45, 7) is 7.64. The van der Waals surface area contributed by atoms with Gasteiger partial charge >= 0.3 is 11.6 Å². The molecule has 222 valence electrons. The molecule has 5 heterocycles. The zero-order valence-corrected chi connectivity index (χ0v) is 24.3. The molecular weight excluding hydrogens is 554 g/mol. The molecule has 0 radical (unpaired) electrons. The molecule has 10 heteroatoms. The molecular formula is C33H32F2N4O4. The number of rotatable bonds is 5. The first-order chi connectivity index (χ1) is 20.7. The van der Waals surface area contributed by atoms with Gasteiger partial charge < -0.3 is 19.2 Å². The first-order valence-corrected chi connectivity index (χ1v) is 14.7. The van der Waals surface area contributed by atoms with Crippen molar-refractivity contribution in [1.29, 1.82) is 0 Å². The van der Waals surface area contributed by atoms with Crippen LogP contribution < -0.4 is 15.3 Å². The number of benzene rings is 2. The number of anilines is 1. The van der Waals surface area contributed by atoms with Gasteiger partial charge in [0.15, 0.2) is 5.82 Å². The molecule has 0 bridgehead atoms. The summed E-state index contributed by atoms with van der Waals surface area (Å²) >= 11 is 0. The fourth-order valence-corrected chi connectivity index (χ4v) is 7.08. The van der Waals surface area contributed by atoms with Crippen LogP contribution in [0.4, 0.5) is 14.6 Å². The van der Waals surface area contributed by atoms with Gasteiger partial charge in [0.1, 0.15) is 35.5 Å². The minimum absolute atomic E-state index is 0.0726. The summed E-state index contributed by atoms with van der Waals surface area (Å²) in [7, 11) is 0. The van der Waals surface area contributed by atoms with Crippen molar-refractivity contribution in [2.45, 2.75) is 64.2 Å². The van der Waals surface area contributed by atoms with E-state index in [1.807, 2.05) is 4.90 Å². The molecule has 4 aromatic rings. The zero-order valence-electron chi connectivity index (χ0n) is 24.3. The van der Waals surface area contributed by atoms with Crippen LogP contribution in [-0.4, -0.2) is 64.0 Å². The number of nitrogens with zero attached hydrogens (tertiary/aromatic N) is 4. The van der Waals surface area contributed by atoms with Crippen LogP contribution in [0.3, 0.4) is 0 Å². The minimum Gasteiger partial charge on any atom is -0.508 e. The summed E-state index contributed by atoms with van der Waals surface area (Å²) in [5, 5.41) is 11.8. The standard InChI is InChI=1S/C33H32F2N4O4/c1-4-6-23-25(35)8-7-20-13-22(40)14-24(26(20)23)29-19(3)28-27(31(41)43-29)30(39-12-9-18(39)2)37-32(36-28)42-17-33-10-5-11-38(33)16-21(34)15-33/h7-8,13-14,18,21,40H,5,9-12,15-17H2,1-3H3/t18-,21-,33+/m1/s1. The third-order valence-electron chi connectivity index (χ3n) is 9.33. The van der Waals surface area contributed by atoms with Crippen molar-refractivity contribution in [1.82, 2.24) is 14.9 Å². The van der Waals surface area contributed by atoms with Crippen LogP contribution in [0.5, 0.6) is 11.8 Å². The van der Waals surface area contributed by atoms with E-state index in [4.69, 9.17) is 19.1 Å². The van der Waals surface area contributed by atoms with Gasteiger partial charge in [-0.05, 0) is 70.2 Å². The third-order valence-corrected chi connectivity index (χ3v) is 9.33. The number of fused-ring (bicyclic) bond motifs is 3. The molecule has 0 amide bonds. The van der Waals surface area contributed by atoms with Gasteiger partial charge in [0, 0.05) is 42.1 Å². The smallest absolute Gasteiger partial charge is 0.349 e. The van der Waals surface area contributed by atoms with Crippen LogP contribution in [0.2, 0.25) is 0 Å². The molecule has 3 atom stereocenters. The predicted molar refractivity (Wildman–Crippen MR) is 160 cm³/mol. The molecule has 7 rings (SSSR count). The highest BCUT2D eigenvalue weighted by Crippen LogP contribution is 2.42. The maximum Gasteiger partial charge on any atom is 0.349 e. The summed E-state index contributed by atoms with van der Waals surface area (Å²) in [5.41, 5.74) is 0.277. The lowest BCUT2D eigenvalue weighted by Gasteiger charge is -2.40. The number of alkyl halides is 1. The van der Waals surface area contributed by atoms with E-state index >= 15 is 4.39 Å². The highest BCUT2D eigenvalue weighted by atomic mass is 19.1. The fourth-order valence-electron chi connectivity index (χ4n) is 7.08. The average Bonchev–Trinajstić information content (AvgIpc) is 3.49. The maximum absolute atomic E-state index is 15.0. The van der Waals surface area contributed by atoms with E-state index in [1.165, 1.54) is 18.2 Å². The van der Waals surface area contributed by atoms with Crippen molar-refractivity contribution < 1.29 is 23.0 Å². The number of aromatic nitrogens is 2. The summed E-state index contributed by atoms with van der Waals surface area (Å²) < 4.78 is 41.6. The minimum atomic E-state index is -0.891. The molecule has 3 saturated heterocycles. The van der Waals surface area contributed by atoms with Crippen LogP contribution in [-0.2, 0) is 0 Å². The molecule has 0 aliphatic carbocycles. The second-order valence-electron chi connectivity index (χ2n) is 12.0. The van der Waals surface area contributed by atoms with Crippen molar-refractivity contribution in [3.63, 3.8) is 0 Å². The van der Waals surface area contributed by atoms with Crippen LogP contribution >= 0.6 is 0 Å². The Bertz CT molecular complexity index is 1920. The molecule has 3 aliphatic heterocycles. The zero-order chi connectivity index (χ0) is 30.0. The van der Waals surface area contributed by atoms with Crippen molar-refractivity contribution in [2.75, 3.05) is 31.1 Å². The summed E-state index contributed by atoms with van der Waals surface area (Å²) in [6.07, 6.45) is 2.29. The van der Waals surface area contributed by atoms with Crippen LogP contribution in [0.1, 0.15) is 50.7 Å². The third kappa shape index (κ3) is 4.40. The van der Waals surface area contributed by atoms with Gasteiger partial charge in [0.25, 0.3) is 0 Å². The molecule has 1 N–H and O–H groups in total. The van der Waals surface area contributed by atoms with E-state index in [-0.39, 0.29) is 46.7 Å². The number of aryl methyl sites for hydroxylation is 1. The number of hydrogen-bond donors (Lipinski definition) is 1. The van der Waals surface area contributed by atoms with E-state index < -0.39 is 17.6 Å². The van der Waals surface area contributed by atoms with Gasteiger partial charge in [-0.3, -0.25) is 4.90 Å². The average molecular weight is 587 g/mol. The molecule has 43 heavy (non-hydrogen) atoms. The predicted octanol–water partition coefficient (Wildman–Crippen LogP) is 5.48. The van der Waals surface area contributed by atoms with Crippen LogP contribution in [0.25, 0.3) is 33.0 Å². The van der Waals surface area contributed by atoms with E-state index in [2.05, 4.69) is 23.7 Å². The van der Waals surface area contributed by atoms with Gasteiger partial charge in [-0.25, -0.2) is 13.6 Å². The van der Waals surface area contributed by atoms with E-state index in [0.717, 1.165) is 25.8 Å². The molecule has 0 spiro atoms. The second-order valence-corrected chi connectivity index (χ2v) is 12.0. The maximum atomic E-state index is 15.0. The van der Waals surface area contributed by atoms with E-state index in [1.54, 1.807) is 19.9 Å². The molecule has 2 aromatic heterocycles. The quantitative estimate of drug-likeness (QED) is 0.308. The van der Waals surface area contributed by atoms with Crippen molar-refractivity contribution in [3.05, 3.63) is 51.6 Å². The van der Waals surface area contributed by atoms with Gasteiger partial charge in [-0.15, -0.1) is 5.92 Å². The lowest BCUT2D eigenvalue weighted by atomic mass is 9.94. The Kier molecular flexibility index (Phi) is 6.54. The summed E-state index contributed by atoms with van der Waals surface area (Å²) in [4.78, 5) is 27.3. The number of hydrogen-bond acceptors (Lipinski definition) is 8. The van der Waals surface area contributed by atoms with Crippen LogP contribution in [0, 0.1) is 24.6 Å². The van der Waals surface area contributed by atoms with Crippen LogP contribution in [0.15, 0.2) is 33.5 Å². The Balaban J connectivity index is 1.42. The van der Waals surface area contributed by atoms with Gasteiger partial charge in [-0.2, -0.15) is 9.97 Å². The molecule has 0 saturated carbocycles. The lowest BCUT2D eigenvalue weighted by Crippen LogP contribution is -2.47. The van der Waals surface area contributed by atoms with Gasteiger partial charge in [-0.1, -0.05) is 12.0 Å². The highest BCUT2D eigenvalue weighted by Gasteiger charge is 2.49. The van der Waals surface area contributed by atoms with Crippen molar-refractivity contribution in [2.24, 2.45) is 0 Å². The molecule has 2 aromatic carbocycles. The number of halogens is 2. The first-order valence-electron chi connectivity index (χ1n) is 14.7. The Morgan fingerprint density at radius 1 is 1.23 bits per heavy atom. The SMILES string of the molecule is CC#Cc1c(F)ccc2cc(O)cc(-c3oc(=O)c4c(N5CC[C@H]5C)nc(OC[C@@]56CCCN5C[C@H](F)C6)nc4c3C)c12.